The highest BCUT2D eigenvalue weighted by atomic mass is 32.2. The van der Waals surface area contributed by atoms with Gasteiger partial charge in [-0.15, -0.1) is 0 Å². The van der Waals surface area contributed by atoms with Gasteiger partial charge in [0.25, 0.3) is 0 Å². The normalized spacial score (nSPS) is 18.6. The molecule has 0 saturated carbocycles. The van der Waals surface area contributed by atoms with Crippen LogP contribution in [0, 0.1) is 11.6 Å². The van der Waals surface area contributed by atoms with Gasteiger partial charge in [0.2, 0.25) is 16.0 Å². The molecular weight excluding hydrogens is 571 g/mol. The van der Waals surface area contributed by atoms with Gasteiger partial charge in [-0.3, -0.25) is 0 Å². The van der Waals surface area contributed by atoms with E-state index in [1.807, 2.05) is 30.3 Å². The van der Waals surface area contributed by atoms with Crippen molar-refractivity contribution in [2.45, 2.75) is 31.1 Å². The molecule has 1 saturated heterocycles. The lowest BCUT2D eigenvalue weighted by Gasteiger charge is -2.41. The number of hydrogen-bond acceptors (Lipinski definition) is 7. The highest BCUT2D eigenvalue weighted by Gasteiger charge is 2.39. The highest BCUT2D eigenvalue weighted by Crippen LogP contribution is 2.42. The second-order valence-electron chi connectivity index (χ2n) is 9.93. The summed E-state index contributed by atoms with van der Waals surface area (Å²) in [6.45, 7) is 0.160. The first-order valence-electron chi connectivity index (χ1n) is 12.4. The SMILES string of the molecule is CN(c1ncc2c(-c3cc(C(F)(F)F)c(F)c(O)c3F)nn(C)c2n1)[C@@H]1CC[C@@H](c2ccccc2)N(S(C)(=O)=O)C1. The molecule has 1 aliphatic heterocycles. The monoisotopic (exact) mass is 596 g/mol. The molecule has 218 valence electrons. The lowest BCUT2D eigenvalue weighted by molar-refractivity contribution is -0.140. The molecule has 0 spiro atoms. The maximum absolute atomic E-state index is 14.8. The molecule has 0 unspecified atom stereocenters. The predicted molar refractivity (Wildman–Crippen MR) is 140 cm³/mol. The van der Waals surface area contributed by atoms with Crippen LogP contribution in [0.2, 0.25) is 0 Å². The van der Waals surface area contributed by atoms with E-state index in [9.17, 15) is 35.5 Å². The Balaban J connectivity index is 1.49. The van der Waals surface area contributed by atoms with E-state index in [4.69, 9.17) is 0 Å². The molecule has 0 radical (unpaired) electrons. The number of alkyl halides is 3. The lowest BCUT2D eigenvalue weighted by atomic mass is 9.94. The first kappa shape index (κ1) is 28.7. The zero-order valence-electron chi connectivity index (χ0n) is 22.1. The topological polar surface area (TPSA) is 104 Å². The van der Waals surface area contributed by atoms with Crippen LogP contribution in [0.3, 0.4) is 0 Å². The number of phenols is 1. The average Bonchev–Trinajstić information content (AvgIpc) is 3.25. The smallest absolute Gasteiger partial charge is 0.419 e. The molecule has 9 nitrogen and oxygen atoms in total. The van der Waals surface area contributed by atoms with Gasteiger partial charge in [-0.2, -0.15) is 27.6 Å². The van der Waals surface area contributed by atoms with Gasteiger partial charge in [-0.1, -0.05) is 30.3 Å². The summed E-state index contributed by atoms with van der Waals surface area (Å²) in [5.41, 5.74) is -1.92. The molecule has 1 fully saturated rings. The van der Waals surface area contributed by atoms with E-state index in [0.29, 0.717) is 12.8 Å². The van der Waals surface area contributed by atoms with Crippen molar-refractivity contribution in [1.29, 1.82) is 0 Å². The number of halogens is 5. The Bertz CT molecular complexity index is 1730. The molecule has 1 N–H and O–H groups in total. The number of rotatable bonds is 5. The summed E-state index contributed by atoms with van der Waals surface area (Å²) in [6.07, 6.45) is -1.64. The standard InChI is InChI=1S/C26H25F5N6O3S/c1-35(15-9-10-19(14-7-5-4-6-8-14)37(13-15)41(3,39)40)25-32-12-17-22(34-36(2)24(17)33-25)16-11-18(26(29,30)31)21(28)23(38)20(16)27/h4-8,11-12,15,19,38H,9-10,13H2,1-3H3/t15-,19+/m1/s1. The molecule has 5 rings (SSSR count). The number of sulfonamides is 1. The molecule has 2 aromatic heterocycles. The number of aromatic hydroxyl groups is 1. The van der Waals surface area contributed by atoms with Gasteiger partial charge in [-0.05, 0) is 24.5 Å². The van der Waals surface area contributed by atoms with Crippen LogP contribution < -0.4 is 4.90 Å². The Morgan fingerprint density at radius 3 is 2.41 bits per heavy atom. The van der Waals surface area contributed by atoms with Crippen LogP contribution in [-0.4, -0.2) is 63.5 Å². The van der Waals surface area contributed by atoms with Gasteiger partial charge >= 0.3 is 6.18 Å². The van der Waals surface area contributed by atoms with Gasteiger partial charge < -0.3 is 10.0 Å². The second-order valence-corrected chi connectivity index (χ2v) is 11.9. The molecule has 2 aromatic carbocycles. The van der Waals surface area contributed by atoms with Crippen molar-refractivity contribution in [1.82, 2.24) is 24.1 Å². The van der Waals surface area contributed by atoms with E-state index in [1.54, 1.807) is 11.9 Å². The maximum atomic E-state index is 14.8. The van der Waals surface area contributed by atoms with Crippen LogP contribution in [0.5, 0.6) is 5.75 Å². The fourth-order valence-corrected chi connectivity index (χ4v) is 6.31. The van der Waals surface area contributed by atoms with Crippen LogP contribution in [0.25, 0.3) is 22.3 Å². The van der Waals surface area contributed by atoms with E-state index in [0.717, 1.165) is 11.8 Å². The fourth-order valence-electron chi connectivity index (χ4n) is 5.17. The minimum Gasteiger partial charge on any atom is -0.503 e. The van der Waals surface area contributed by atoms with E-state index in [-0.39, 0.29) is 47.4 Å². The number of likely N-dealkylation sites (N-methyl/N-ethyl adjacent to an activating group) is 1. The number of anilines is 1. The quantitative estimate of drug-likeness (QED) is 0.335. The Kier molecular flexibility index (Phi) is 7.14. The van der Waals surface area contributed by atoms with Crippen LogP contribution in [0.4, 0.5) is 27.9 Å². The number of hydrogen-bond donors (Lipinski definition) is 1. The lowest BCUT2D eigenvalue weighted by Crippen LogP contribution is -2.50. The molecule has 2 atom stereocenters. The second kappa shape index (κ2) is 10.2. The summed E-state index contributed by atoms with van der Waals surface area (Å²) in [5, 5.41) is 13.9. The zero-order valence-corrected chi connectivity index (χ0v) is 22.9. The predicted octanol–water partition coefficient (Wildman–Crippen LogP) is 4.63. The third-order valence-corrected chi connectivity index (χ3v) is 8.55. The van der Waals surface area contributed by atoms with Gasteiger partial charge in [0.1, 0.15) is 5.69 Å². The van der Waals surface area contributed by atoms with Gasteiger partial charge in [0.15, 0.2) is 23.0 Å². The average molecular weight is 597 g/mol. The number of nitrogens with zero attached hydrogens (tertiary/aromatic N) is 6. The summed E-state index contributed by atoms with van der Waals surface area (Å²) in [7, 11) is -0.447. The van der Waals surface area contributed by atoms with E-state index >= 15 is 0 Å². The first-order valence-corrected chi connectivity index (χ1v) is 14.3. The summed E-state index contributed by atoms with van der Waals surface area (Å²) in [6, 6.07) is 8.92. The number of piperidine rings is 1. The van der Waals surface area contributed by atoms with Crippen molar-refractivity contribution in [3.63, 3.8) is 0 Å². The molecule has 1 aliphatic rings. The van der Waals surface area contributed by atoms with Gasteiger partial charge in [0.05, 0.1) is 17.2 Å². The Labute approximate surface area is 231 Å². The minimum atomic E-state index is -5.19. The molecule has 0 amide bonds. The van der Waals surface area contributed by atoms with E-state index in [1.165, 1.54) is 22.2 Å². The number of fused-ring (bicyclic) bond motifs is 1. The van der Waals surface area contributed by atoms with Crippen molar-refractivity contribution in [3.05, 3.63) is 65.4 Å². The molecule has 41 heavy (non-hydrogen) atoms. The fraction of sp³-hybridized carbons (Fsp3) is 0.346. The summed E-state index contributed by atoms with van der Waals surface area (Å²) >= 11 is 0. The molecule has 4 aromatic rings. The summed E-state index contributed by atoms with van der Waals surface area (Å²) < 4.78 is 96.9. The van der Waals surface area contributed by atoms with E-state index in [2.05, 4.69) is 15.1 Å². The van der Waals surface area contributed by atoms with Gasteiger partial charge in [0, 0.05) is 44.5 Å². The molecule has 15 heteroatoms. The number of aryl methyl sites for hydroxylation is 1. The highest BCUT2D eigenvalue weighted by molar-refractivity contribution is 7.88. The number of phenolic OH excluding ortho intramolecular Hbond substituents is 1. The molecule has 0 bridgehead atoms. The summed E-state index contributed by atoms with van der Waals surface area (Å²) in [4.78, 5) is 10.5. The van der Waals surface area contributed by atoms with Crippen LogP contribution in [0.15, 0.2) is 42.6 Å². The molecule has 3 heterocycles. The third kappa shape index (κ3) is 5.19. The number of benzene rings is 2. The van der Waals surface area contributed by atoms with Gasteiger partial charge in [-0.25, -0.2) is 26.9 Å². The number of aromatic nitrogens is 4. The van der Waals surface area contributed by atoms with Crippen molar-refractivity contribution in [3.8, 4) is 17.0 Å². The van der Waals surface area contributed by atoms with Crippen LogP contribution in [0.1, 0.15) is 30.0 Å². The van der Waals surface area contributed by atoms with Crippen molar-refractivity contribution < 1.29 is 35.5 Å². The first-order chi connectivity index (χ1) is 19.2. The third-order valence-electron chi connectivity index (χ3n) is 7.29. The van der Waals surface area contributed by atoms with Crippen LogP contribution in [-0.2, 0) is 23.2 Å². The minimum absolute atomic E-state index is 0.0632. The zero-order chi connectivity index (χ0) is 29.9. The van der Waals surface area contributed by atoms with Crippen LogP contribution >= 0.6 is 0 Å². The van der Waals surface area contributed by atoms with Crippen molar-refractivity contribution in [2.75, 3.05) is 24.7 Å². The van der Waals surface area contributed by atoms with E-state index < -0.39 is 44.7 Å². The largest absolute Gasteiger partial charge is 0.503 e. The molecule has 0 aliphatic carbocycles. The Hall–Kier alpha value is -3.85. The van der Waals surface area contributed by atoms with Crippen molar-refractivity contribution in [2.24, 2.45) is 7.05 Å². The maximum Gasteiger partial charge on any atom is 0.419 e. The Morgan fingerprint density at radius 2 is 1.78 bits per heavy atom. The Morgan fingerprint density at radius 1 is 1.10 bits per heavy atom. The summed E-state index contributed by atoms with van der Waals surface area (Å²) in [5.74, 6) is -5.31. The molecular formula is C26H25F5N6O3S. The van der Waals surface area contributed by atoms with Crippen molar-refractivity contribution >= 4 is 27.0 Å².